The van der Waals surface area contributed by atoms with E-state index in [9.17, 15) is 15.0 Å². The minimum atomic E-state index is -1.03. The molecule has 2 aromatic carbocycles. The van der Waals surface area contributed by atoms with E-state index < -0.39 is 23.8 Å². The summed E-state index contributed by atoms with van der Waals surface area (Å²) < 4.78 is 0. The van der Waals surface area contributed by atoms with Crippen LogP contribution in [0.1, 0.15) is 31.9 Å². The molecule has 0 aliphatic heterocycles. The predicted octanol–water partition coefficient (Wildman–Crippen LogP) is 4.22. The molecule has 2 aromatic rings. The van der Waals surface area contributed by atoms with E-state index in [-0.39, 0.29) is 0 Å². The van der Waals surface area contributed by atoms with E-state index in [1.165, 1.54) is 4.90 Å². The number of carbonyl (C=O) groups is 1. The van der Waals surface area contributed by atoms with Crippen LogP contribution < -0.4 is 5.32 Å². The summed E-state index contributed by atoms with van der Waals surface area (Å²) in [6, 6.07) is 16.8. The van der Waals surface area contributed by atoms with Crippen LogP contribution in [-0.2, 0) is 12.8 Å². The molecule has 0 aliphatic carbocycles. The molecule has 0 spiro atoms. The molecule has 0 fully saturated rings. The Kier molecular flexibility index (Phi) is 8.50. The van der Waals surface area contributed by atoms with Gasteiger partial charge in [0.25, 0.3) is 0 Å². The van der Waals surface area contributed by atoms with Crippen LogP contribution in [0, 0.1) is 0 Å². The Morgan fingerprint density at radius 3 is 2.24 bits per heavy atom. The molecule has 0 saturated carbocycles. The third-order valence-corrected chi connectivity index (χ3v) is 5.10. The number of nitrogens with one attached hydrogen (secondary N) is 1. The summed E-state index contributed by atoms with van der Waals surface area (Å²) in [6.07, 6.45) is -0.617. The zero-order valence-corrected chi connectivity index (χ0v) is 18.1. The van der Waals surface area contributed by atoms with Gasteiger partial charge in [0.1, 0.15) is 0 Å². The summed E-state index contributed by atoms with van der Waals surface area (Å²) in [4.78, 5) is 13.4. The van der Waals surface area contributed by atoms with Crippen molar-refractivity contribution in [3.63, 3.8) is 0 Å². The fourth-order valence-electron chi connectivity index (χ4n) is 3.45. The number of benzene rings is 2. The van der Waals surface area contributed by atoms with E-state index in [0.29, 0.717) is 24.5 Å². The molecule has 0 aromatic heterocycles. The van der Waals surface area contributed by atoms with Gasteiger partial charge < -0.3 is 15.5 Å². The Hall–Kier alpha value is -2.08. The maximum Gasteiger partial charge on any atom is 0.408 e. The molecule has 0 bridgehead atoms. The van der Waals surface area contributed by atoms with Crippen molar-refractivity contribution in [2.24, 2.45) is 0 Å². The van der Waals surface area contributed by atoms with Gasteiger partial charge in [-0.3, -0.25) is 4.90 Å². The summed E-state index contributed by atoms with van der Waals surface area (Å²) in [7, 11) is 0. The molecule has 6 heteroatoms. The molecule has 0 saturated heterocycles. The second kappa shape index (κ2) is 10.6. The summed E-state index contributed by atoms with van der Waals surface area (Å²) in [5.41, 5.74) is 1.52. The maximum atomic E-state index is 12.0. The van der Waals surface area contributed by atoms with Gasteiger partial charge in [0.05, 0.1) is 12.1 Å². The Morgan fingerprint density at radius 1 is 1.07 bits per heavy atom. The molecule has 3 N–H and O–H groups in total. The Bertz CT molecular complexity index is 760. The van der Waals surface area contributed by atoms with Crippen LogP contribution in [0.15, 0.2) is 54.6 Å². The van der Waals surface area contributed by atoms with Crippen LogP contribution >= 0.6 is 11.6 Å². The van der Waals surface area contributed by atoms with Crippen molar-refractivity contribution < 1.29 is 15.0 Å². The lowest BCUT2D eigenvalue weighted by Crippen LogP contribution is -2.58. The van der Waals surface area contributed by atoms with Crippen LogP contribution in [-0.4, -0.2) is 52.0 Å². The van der Waals surface area contributed by atoms with Crippen molar-refractivity contribution >= 4 is 17.7 Å². The van der Waals surface area contributed by atoms with Crippen molar-refractivity contribution in [3.8, 4) is 0 Å². The second-order valence-electron chi connectivity index (χ2n) is 8.23. The minimum absolute atomic E-state index is 0.310. The third kappa shape index (κ3) is 7.35. The van der Waals surface area contributed by atoms with E-state index in [1.54, 1.807) is 0 Å². The van der Waals surface area contributed by atoms with Gasteiger partial charge in [0, 0.05) is 17.1 Å². The van der Waals surface area contributed by atoms with E-state index in [4.69, 9.17) is 11.6 Å². The van der Waals surface area contributed by atoms with E-state index >= 15 is 0 Å². The lowest BCUT2D eigenvalue weighted by molar-refractivity contribution is 0.00792. The lowest BCUT2D eigenvalue weighted by Gasteiger charge is -2.42. The molecule has 0 unspecified atom stereocenters. The minimum Gasteiger partial charge on any atom is -0.465 e. The number of nitrogens with zero attached hydrogens (tertiary/aromatic N) is 1. The average Bonchev–Trinajstić information content (AvgIpc) is 2.65. The summed E-state index contributed by atoms with van der Waals surface area (Å²) in [5.74, 6) is 0. The largest absolute Gasteiger partial charge is 0.465 e. The summed E-state index contributed by atoms with van der Waals surface area (Å²) >= 11 is 5.91. The highest BCUT2D eigenvalue weighted by Crippen LogP contribution is 2.22. The van der Waals surface area contributed by atoms with Gasteiger partial charge in [-0.2, -0.15) is 0 Å². The van der Waals surface area contributed by atoms with Crippen LogP contribution in [0.2, 0.25) is 5.02 Å². The lowest BCUT2D eigenvalue weighted by atomic mass is 9.94. The number of hydrogen-bond donors (Lipinski definition) is 3. The standard InChI is InChI=1S/C23H31ClN2O3/c1-23(2,3)26(22(28)29)20(15-18-7-5-4-6-8-18)21(27)16-25-14-13-17-9-11-19(24)12-10-17/h4-12,20-21,25,27H,13-16H2,1-3H3,(H,28,29)/t20-,21-/m0/s1. The molecular formula is C23H31ClN2O3. The molecule has 2 atom stereocenters. The molecular weight excluding hydrogens is 388 g/mol. The zero-order valence-electron chi connectivity index (χ0n) is 17.3. The SMILES string of the molecule is CC(C)(C)N(C(=O)O)[C@@H](Cc1ccccc1)[C@@H](O)CNCCc1ccc(Cl)cc1. The second-order valence-corrected chi connectivity index (χ2v) is 8.66. The normalized spacial score (nSPS) is 13.7. The predicted molar refractivity (Wildman–Crippen MR) is 118 cm³/mol. The Labute approximate surface area is 178 Å². The molecule has 158 valence electrons. The molecule has 5 nitrogen and oxygen atoms in total. The first-order valence-corrected chi connectivity index (χ1v) is 10.3. The van der Waals surface area contributed by atoms with E-state index in [2.05, 4.69) is 5.32 Å². The van der Waals surface area contributed by atoms with Gasteiger partial charge in [-0.05, 0) is 63.4 Å². The molecule has 0 aliphatic rings. The number of carboxylic acid groups (broad SMARTS) is 1. The van der Waals surface area contributed by atoms with Crippen molar-refractivity contribution in [2.45, 2.75) is 51.3 Å². The first-order chi connectivity index (χ1) is 13.7. The average molecular weight is 419 g/mol. The van der Waals surface area contributed by atoms with E-state index in [1.807, 2.05) is 75.4 Å². The molecule has 0 radical (unpaired) electrons. The van der Waals surface area contributed by atoms with Crippen molar-refractivity contribution in [1.29, 1.82) is 0 Å². The molecule has 0 heterocycles. The van der Waals surface area contributed by atoms with Gasteiger partial charge in [0.2, 0.25) is 0 Å². The summed E-state index contributed by atoms with van der Waals surface area (Å²) in [6.45, 7) is 6.53. The Balaban J connectivity index is 2.03. The highest BCUT2D eigenvalue weighted by Gasteiger charge is 2.37. The quantitative estimate of drug-likeness (QED) is 0.533. The molecule has 29 heavy (non-hydrogen) atoms. The van der Waals surface area contributed by atoms with Gasteiger partial charge >= 0.3 is 6.09 Å². The van der Waals surface area contributed by atoms with Gasteiger partial charge in [0.15, 0.2) is 0 Å². The summed E-state index contributed by atoms with van der Waals surface area (Å²) in [5, 5.41) is 24.7. The number of aliphatic hydroxyl groups excluding tert-OH is 1. The smallest absolute Gasteiger partial charge is 0.408 e. The van der Waals surface area contributed by atoms with Gasteiger partial charge in [-0.15, -0.1) is 0 Å². The maximum absolute atomic E-state index is 12.0. The van der Waals surface area contributed by atoms with Crippen LogP contribution in [0.5, 0.6) is 0 Å². The van der Waals surface area contributed by atoms with Crippen molar-refractivity contribution in [2.75, 3.05) is 13.1 Å². The third-order valence-electron chi connectivity index (χ3n) is 4.85. The topological polar surface area (TPSA) is 72.8 Å². The number of halogens is 1. The fraction of sp³-hybridized carbons (Fsp3) is 0.435. The zero-order chi connectivity index (χ0) is 21.4. The first-order valence-electron chi connectivity index (χ1n) is 9.88. The molecule has 2 rings (SSSR count). The Morgan fingerprint density at radius 2 is 1.69 bits per heavy atom. The number of hydrogen-bond acceptors (Lipinski definition) is 3. The molecule has 1 amide bonds. The number of rotatable bonds is 9. The van der Waals surface area contributed by atoms with Crippen LogP contribution in [0.4, 0.5) is 4.79 Å². The highest BCUT2D eigenvalue weighted by molar-refractivity contribution is 6.30. The van der Waals surface area contributed by atoms with Crippen molar-refractivity contribution in [3.05, 3.63) is 70.7 Å². The first kappa shape index (κ1) is 23.2. The van der Waals surface area contributed by atoms with E-state index in [0.717, 1.165) is 17.5 Å². The van der Waals surface area contributed by atoms with Gasteiger partial charge in [-0.25, -0.2) is 4.79 Å². The highest BCUT2D eigenvalue weighted by atomic mass is 35.5. The van der Waals surface area contributed by atoms with Crippen LogP contribution in [0.25, 0.3) is 0 Å². The van der Waals surface area contributed by atoms with Crippen molar-refractivity contribution in [1.82, 2.24) is 10.2 Å². The monoisotopic (exact) mass is 418 g/mol. The fourth-order valence-corrected chi connectivity index (χ4v) is 3.58. The number of amides is 1. The number of aliphatic hydroxyl groups is 1. The van der Waals surface area contributed by atoms with Crippen LogP contribution in [0.3, 0.4) is 0 Å². The van der Waals surface area contributed by atoms with Gasteiger partial charge in [-0.1, -0.05) is 54.1 Å².